The first kappa shape index (κ1) is 11.6. The summed E-state index contributed by atoms with van der Waals surface area (Å²) in [4.78, 5) is 11.1. The van der Waals surface area contributed by atoms with Crippen LogP contribution in [0.1, 0.15) is 27.7 Å². The molecule has 0 heterocycles. The average Bonchev–Trinajstić information content (AvgIpc) is 1.97. The van der Waals surface area contributed by atoms with Gasteiger partial charge in [0.15, 0.2) is 0 Å². The molecule has 0 unspecified atom stereocenters. The molecule has 2 N–H and O–H groups in total. The molecule has 0 radical (unpaired) electrons. The van der Waals surface area contributed by atoms with E-state index in [0.717, 1.165) is 0 Å². The van der Waals surface area contributed by atoms with E-state index in [4.69, 9.17) is 0 Å². The van der Waals surface area contributed by atoms with Gasteiger partial charge in [-0.3, -0.25) is 10.1 Å². The maximum Gasteiger partial charge on any atom is 0.149 e. The van der Waals surface area contributed by atoms with Crippen LogP contribution < -0.4 is 10.6 Å². The zero-order valence-electron chi connectivity index (χ0n) is 8.48. The van der Waals surface area contributed by atoms with Crippen LogP contribution in [0.4, 0.5) is 0 Å². The second kappa shape index (κ2) is 6.14. The predicted molar refractivity (Wildman–Crippen MR) is 51.0 cm³/mol. The molecule has 0 bridgehead atoms. The number of carbonyl (C=O) groups excluding carboxylic acids is 1. The van der Waals surface area contributed by atoms with Crippen molar-refractivity contribution in [2.75, 3.05) is 13.2 Å². The number of nitrogens with one attached hydrogen (secondary N) is 2. The summed E-state index contributed by atoms with van der Waals surface area (Å²) >= 11 is 0. The van der Waals surface area contributed by atoms with Crippen LogP contribution in [0.5, 0.6) is 0 Å². The summed E-state index contributed by atoms with van der Waals surface area (Å²) in [7, 11) is 0. The lowest BCUT2D eigenvalue weighted by Gasteiger charge is -2.09. The number of hydrogen-bond acceptors (Lipinski definition) is 3. The van der Waals surface area contributed by atoms with Crippen LogP contribution in [0.15, 0.2) is 0 Å². The molecule has 0 amide bonds. The summed E-state index contributed by atoms with van der Waals surface area (Å²) in [5.41, 5.74) is 0. The van der Waals surface area contributed by atoms with Crippen LogP contribution >= 0.6 is 0 Å². The number of hydrogen-bond donors (Lipinski definition) is 2. The Morgan fingerprint density at radius 1 is 1.25 bits per heavy atom. The van der Waals surface area contributed by atoms with Crippen molar-refractivity contribution in [3.05, 3.63) is 0 Å². The second-order valence-corrected chi connectivity index (χ2v) is 3.58. The van der Waals surface area contributed by atoms with Crippen LogP contribution in [0.25, 0.3) is 0 Å². The molecule has 0 aliphatic heterocycles. The van der Waals surface area contributed by atoms with Crippen molar-refractivity contribution in [2.45, 2.75) is 33.7 Å². The topological polar surface area (TPSA) is 41.1 Å². The molecule has 0 fully saturated rings. The van der Waals surface area contributed by atoms with Crippen LogP contribution in [0, 0.1) is 5.92 Å². The highest BCUT2D eigenvalue weighted by atomic mass is 16.1. The maximum atomic E-state index is 11.1. The standard InChI is InChI=1S/C9H20N2O/c1-7(2)9(12)5-10-6-11-8(3)4/h7-8,10-11H,5-6H2,1-4H3. The quantitative estimate of drug-likeness (QED) is 0.459. The summed E-state index contributed by atoms with van der Waals surface area (Å²) in [6.07, 6.45) is 0. The smallest absolute Gasteiger partial charge is 0.149 e. The lowest BCUT2D eigenvalue weighted by Crippen LogP contribution is -2.37. The minimum atomic E-state index is 0.136. The van der Waals surface area contributed by atoms with E-state index in [1.807, 2.05) is 13.8 Å². The van der Waals surface area contributed by atoms with Gasteiger partial charge in [-0.2, -0.15) is 0 Å². The molecule has 72 valence electrons. The van der Waals surface area contributed by atoms with Gasteiger partial charge in [0.25, 0.3) is 0 Å². The van der Waals surface area contributed by atoms with E-state index in [2.05, 4.69) is 24.5 Å². The molecule has 0 saturated carbocycles. The Kier molecular flexibility index (Phi) is 5.93. The van der Waals surface area contributed by atoms with Gasteiger partial charge in [-0.05, 0) is 13.8 Å². The number of ketones is 1. The van der Waals surface area contributed by atoms with E-state index in [0.29, 0.717) is 19.3 Å². The second-order valence-electron chi connectivity index (χ2n) is 3.58. The number of carbonyl (C=O) groups is 1. The molecule has 3 nitrogen and oxygen atoms in total. The Balaban J connectivity index is 3.26. The first-order valence-electron chi connectivity index (χ1n) is 4.51. The minimum Gasteiger partial charge on any atom is -0.302 e. The van der Waals surface area contributed by atoms with Crippen molar-refractivity contribution >= 4 is 5.78 Å². The van der Waals surface area contributed by atoms with Gasteiger partial charge < -0.3 is 5.32 Å². The van der Waals surface area contributed by atoms with Gasteiger partial charge in [0.2, 0.25) is 0 Å². The average molecular weight is 172 g/mol. The van der Waals surface area contributed by atoms with Gasteiger partial charge in [-0.1, -0.05) is 13.8 Å². The van der Waals surface area contributed by atoms with Crippen molar-refractivity contribution < 1.29 is 4.79 Å². The summed E-state index contributed by atoms with van der Waals surface area (Å²) in [5.74, 6) is 0.400. The van der Waals surface area contributed by atoms with E-state index in [-0.39, 0.29) is 11.7 Å². The first-order valence-corrected chi connectivity index (χ1v) is 4.51. The fraction of sp³-hybridized carbons (Fsp3) is 0.889. The third-order valence-corrected chi connectivity index (χ3v) is 1.58. The Labute approximate surface area is 74.9 Å². The molecule has 12 heavy (non-hydrogen) atoms. The van der Waals surface area contributed by atoms with Gasteiger partial charge in [0, 0.05) is 18.6 Å². The van der Waals surface area contributed by atoms with Crippen molar-refractivity contribution in [1.82, 2.24) is 10.6 Å². The summed E-state index contributed by atoms with van der Waals surface area (Å²) in [6, 6.07) is 0.464. The molecule has 0 aromatic carbocycles. The van der Waals surface area contributed by atoms with Crippen molar-refractivity contribution in [2.24, 2.45) is 5.92 Å². The summed E-state index contributed by atoms with van der Waals surface area (Å²) in [6.45, 7) is 9.16. The normalized spacial score (nSPS) is 11.2. The SMILES string of the molecule is CC(C)NCNCC(=O)C(C)C. The number of Topliss-reactive ketones (excluding diaryl/α,β-unsaturated/α-hetero) is 1. The largest absolute Gasteiger partial charge is 0.302 e. The van der Waals surface area contributed by atoms with Crippen LogP contribution in [0.3, 0.4) is 0 Å². The summed E-state index contributed by atoms with van der Waals surface area (Å²) in [5, 5.41) is 6.21. The molecule has 0 rings (SSSR count). The molecule has 0 aromatic heterocycles. The van der Waals surface area contributed by atoms with E-state index in [1.165, 1.54) is 0 Å². The molecule has 0 spiro atoms. The Morgan fingerprint density at radius 3 is 2.25 bits per heavy atom. The molecule has 0 aliphatic carbocycles. The molecular weight excluding hydrogens is 152 g/mol. The van der Waals surface area contributed by atoms with Crippen LogP contribution in [-0.2, 0) is 4.79 Å². The fourth-order valence-electron chi connectivity index (χ4n) is 0.666. The Morgan fingerprint density at radius 2 is 1.83 bits per heavy atom. The maximum absolute atomic E-state index is 11.1. The highest BCUT2D eigenvalue weighted by Gasteiger charge is 2.05. The first-order chi connectivity index (χ1) is 5.54. The Bertz CT molecular complexity index is 132. The van der Waals surface area contributed by atoms with E-state index < -0.39 is 0 Å². The molecule has 3 heteroatoms. The lowest BCUT2D eigenvalue weighted by molar-refractivity contribution is -0.121. The van der Waals surface area contributed by atoms with E-state index in [1.54, 1.807) is 0 Å². The molecule has 0 atom stereocenters. The highest BCUT2D eigenvalue weighted by Crippen LogP contribution is 1.91. The van der Waals surface area contributed by atoms with Gasteiger partial charge in [0.05, 0.1) is 6.54 Å². The number of rotatable bonds is 6. The predicted octanol–water partition coefficient (Wildman–Crippen LogP) is 0.757. The van der Waals surface area contributed by atoms with Crippen molar-refractivity contribution in [3.63, 3.8) is 0 Å². The van der Waals surface area contributed by atoms with Crippen molar-refractivity contribution in [3.8, 4) is 0 Å². The monoisotopic (exact) mass is 172 g/mol. The van der Waals surface area contributed by atoms with Gasteiger partial charge in [0.1, 0.15) is 5.78 Å². The molecule has 0 aromatic rings. The van der Waals surface area contributed by atoms with Gasteiger partial charge in [-0.15, -0.1) is 0 Å². The third kappa shape index (κ3) is 6.31. The third-order valence-electron chi connectivity index (χ3n) is 1.58. The zero-order valence-corrected chi connectivity index (χ0v) is 8.48. The lowest BCUT2D eigenvalue weighted by atomic mass is 10.1. The van der Waals surface area contributed by atoms with Crippen LogP contribution in [-0.4, -0.2) is 25.0 Å². The molecular formula is C9H20N2O. The Hall–Kier alpha value is -0.410. The molecule has 0 aliphatic rings. The van der Waals surface area contributed by atoms with E-state index >= 15 is 0 Å². The van der Waals surface area contributed by atoms with Crippen molar-refractivity contribution in [1.29, 1.82) is 0 Å². The van der Waals surface area contributed by atoms with Gasteiger partial charge >= 0.3 is 0 Å². The highest BCUT2D eigenvalue weighted by molar-refractivity contribution is 5.82. The minimum absolute atomic E-state index is 0.136. The molecule has 0 saturated heterocycles. The summed E-state index contributed by atoms with van der Waals surface area (Å²) < 4.78 is 0. The zero-order chi connectivity index (χ0) is 9.56. The van der Waals surface area contributed by atoms with Crippen LogP contribution in [0.2, 0.25) is 0 Å². The fourth-order valence-corrected chi connectivity index (χ4v) is 0.666. The van der Waals surface area contributed by atoms with Gasteiger partial charge in [-0.25, -0.2) is 0 Å². The van der Waals surface area contributed by atoms with E-state index in [9.17, 15) is 4.79 Å².